The first-order valence-electron chi connectivity index (χ1n) is 6.10. The fourth-order valence-corrected chi connectivity index (χ4v) is 1.91. The molecule has 0 spiro atoms. The maximum Gasteiger partial charge on any atom is 0.252 e. The van der Waals surface area contributed by atoms with E-state index in [2.05, 4.69) is 35.4 Å². The van der Waals surface area contributed by atoms with Gasteiger partial charge in [0.05, 0.1) is 5.56 Å². The average Bonchev–Trinajstić information content (AvgIpc) is 2.39. The number of amides is 1. The fourth-order valence-electron chi connectivity index (χ4n) is 1.80. The van der Waals surface area contributed by atoms with E-state index < -0.39 is 0 Å². The van der Waals surface area contributed by atoms with Crippen LogP contribution in [0, 0.1) is 6.92 Å². The number of hydrogen-bond acceptors (Lipinski definition) is 2. The molecule has 1 amide bonds. The number of hydrogen-bond donors (Lipinski definition) is 1. The van der Waals surface area contributed by atoms with E-state index in [4.69, 9.17) is 11.6 Å². The van der Waals surface area contributed by atoms with Gasteiger partial charge in [-0.15, -0.1) is 0 Å². The summed E-state index contributed by atoms with van der Waals surface area (Å²) in [5.74, 6) is -0.128. The molecule has 0 saturated heterocycles. The van der Waals surface area contributed by atoms with Gasteiger partial charge >= 0.3 is 0 Å². The van der Waals surface area contributed by atoms with Gasteiger partial charge in [-0.2, -0.15) is 0 Å². The lowest BCUT2D eigenvalue weighted by Crippen LogP contribution is -2.25. The molecule has 3 nitrogen and oxygen atoms in total. The van der Waals surface area contributed by atoms with E-state index in [-0.39, 0.29) is 5.91 Å². The number of nitrogens with one attached hydrogen (secondary N) is 1. The van der Waals surface area contributed by atoms with Crippen molar-refractivity contribution in [3.05, 3.63) is 64.4 Å². The Labute approximate surface area is 117 Å². The summed E-state index contributed by atoms with van der Waals surface area (Å²) in [7, 11) is 0. The highest BCUT2D eigenvalue weighted by atomic mass is 35.5. The fraction of sp³-hybridized carbons (Fsp3) is 0.200. The SMILES string of the molecule is Cc1cccc(CCNC(=O)c2ccc(Cl)nc2)c1. The van der Waals surface area contributed by atoms with Crippen molar-refractivity contribution in [1.82, 2.24) is 10.3 Å². The second-order valence-corrected chi connectivity index (χ2v) is 4.75. The minimum Gasteiger partial charge on any atom is -0.352 e. The second-order valence-electron chi connectivity index (χ2n) is 4.36. The Hall–Kier alpha value is -1.87. The van der Waals surface area contributed by atoms with E-state index in [1.807, 2.05) is 6.07 Å². The Morgan fingerprint density at radius 1 is 1.32 bits per heavy atom. The molecule has 2 aromatic rings. The smallest absolute Gasteiger partial charge is 0.252 e. The molecule has 0 fully saturated rings. The van der Waals surface area contributed by atoms with Gasteiger partial charge in [0.1, 0.15) is 5.15 Å². The lowest BCUT2D eigenvalue weighted by molar-refractivity contribution is 0.0954. The van der Waals surface area contributed by atoms with E-state index in [0.717, 1.165) is 6.42 Å². The van der Waals surface area contributed by atoms with E-state index in [9.17, 15) is 4.79 Å². The summed E-state index contributed by atoms with van der Waals surface area (Å²) in [6.45, 7) is 2.66. The van der Waals surface area contributed by atoms with Crippen LogP contribution < -0.4 is 5.32 Å². The van der Waals surface area contributed by atoms with Crippen LogP contribution in [0.15, 0.2) is 42.6 Å². The maximum absolute atomic E-state index is 11.8. The summed E-state index contributed by atoms with van der Waals surface area (Å²) >= 11 is 5.67. The highest BCUT2D eigenvalue weighted by molar-refractivity contribution is 6.29. The lowest BCUT2D eigenvalue weighted by Gasteiger charge is -2.06. The highest BCUT2D eigenvalue weighted by Crippen LogP contribution is 2.06. The van der Waals surface area contributed by atoms with E-state index in [0.29, 0.717) is 17.3 Å². The van der Waals surface area contributed by atoms with Crippen LogP contribution in [0.4, 0.5) is 0 Å². The van der Waals surface area contributed by atoms with Crippen molar-refractivity contribution in [3.8, 4) is 0 Å². The van der Waals surface area contributed by atoms with Crippen LogP contribution in [-0.4, -0.2) is 17.4 Å². The molecule has 2 rings (SSSR count). The van der Waals surface area contributed by atoms with E-state index >= 15 is 0 Å². The van der Waals surface area contributed by atoms with Gasteiger partial charge in [0, 0.05) is 12.7 Å². The van der Waals surface area contributed by atoms with Crippen molar-refractivity contribution in [3.63, 3.8) is 0 Å². The zero-order valence-electron chi connectivity index (χ0n) is 10.7. The van der Waals surface area contributed by atoms with Crippen LogP contribution >= 0.6 is 11.6 Å². The molecule has 4 heteroatoms. The zero-order valence-corrected chi connectivity index (χ0v) is 11.4. The first-order valence-corrected chi connectivity index (χ1v) is 6.48. The second kappa shape index (κ2) is 6.34. The number of aromatic nitrogens is 1. The molecule has 0 bridgehead atoms. The molecule has 19 heavy (non-hydrogen) atoms. The monoisotopic (exact) mass is 274 g/mol. The van der Waals surface area contributed by atoms with Gasteiger partial charge in [-0.3, -0.25) is 4.79 Å². The molecule has 1 aromatic carbocycles. The number of rotatable bonds is 4. The molecule has 0 radical (unpaired) electrons. The Morgan fingerprint density at radius 3 is 2.84 bits per heavy atom. The molecular weight excluding hydrogens is 260 g/mol. The molecule has 0 saturated carbocycles. The van der Waals surface area contributed by atoms with Crippen LogP contribution in [-0.2, 0) is 6.42 Å². The Balaban J connectivity index is 1.86. The van der Waals surface area contributed by atoms with Gasteiger partial charge in [-0.1, -0.05) is 41.4 Å². The van der Waals surface area contributed by atoms with Crippen molar-refractivity contribution in [1.29, 1.82) is 0 Å². The molecule has 0 aliphatic carbocycles. The normalized spacial score (nSPS) is 10.2. The molecule has 0 aliphatic rings. The number of carbonyl (C=O) groups is 1. The van der Waals surface area contributed by atoms with Crippen LogP contribution in [0.25, 0.3) is 0 Å². The summed E-state index contributed by atoms with van der Waals surface area (Å²) in [6.07, 6.45) is 2.29. The molecule has 0 aliphatic heterocycles. The number of nitrogens with zero attached hydrogens (tertiary/aromatic N) is 1. The third kappa shape index (κ3) is 4.07. The topological polar surface area (TPSA) is 42.0 Å². The number of pyridine rings is 1. The third-order valence-electron chi connectivity index (χ3n) is 2.77. The van der Waals surface area contributed by atoms with Crippen molar-refractivity contribution in [2.75, 3.05) is 6.54 Å². The zero-order chi connectivity index (χ0) is 13.7. The summed E-state index contributed by atoms with van der Waals surface area (Å²) in [6, 6.07) is 11.5. The lowest BCUT2D eigenvalue weighted by atomic mass is 10.1. The Kier molecular flexibility index (Phi) is 4.53. The summed E-state index contributed by atoms with van der Waals surface area (Å²) in [5, 5.41) is 3.25. The van der Waals surface area contributed by atoms with Crippen molar-refractivity contribution < 1.29 is 4.79 Å². The number of halogens is 1. The number of carbonyl (C=O) groups excluding carboxylic acids is 1. The van der Waals surface area contributed by atoms with Gasteiger partial charge < -0.3 is 5.32 Å². The van der Waals surface area contributed by atoms with Gasteiger partial charge in [0.2, 0.25) is 0 Å². The number of aryl methyl sites for hydroxylation is 1. The first-order chi connectivity index (χ1) is 9.15. The predicted octanol–water partition coefficient (Wildman–Crippen LogP) is 3.02. The number of benzene rings is 1. The maximum atomic E-state index is 11.8. The summed E-state index contributed by atoms with van der Waals surface area (Å²) < 4.78 is 0. The highest BCUT2D eigenvalue weighted by Gasteiger charge is 2.05. The molecule has 98 valence electrons. The first kappa shape index (κ1) is 13.6. The summed E-state index contributed by atoms with van der Waals surface area (Å²) in [5.41, 5.74) is 2.97. The standard InChI is InChI=1S/C15H15ClN2O/c1-11-3-2-4-12(9-11)7-8-17-15(19)13-5-6-14(16)18-10-13/h2-6,9-10H,7-8H2,1H3,(H,17,19). The molecular formula is C15H15ClN2O. The molecule has 1 N–H and O–H groups in total. The van der Waals surface area contributed by atoms with Crippen LogP contribution in [0.5, 0.6) is 0 Å². The minimum absolute atomic E-state index is 0.128. The molecule has 1 heterocycles. The quantitative estimate of drug-likeness (QED) is 0.871. The van der Waals surface area contributed by atoms with Crippen molar-refractivity contribution in [2.24, 2.45) is 0 Å². The van der Waals surface area contributed by atoms with Crippen LogP contribution in [0.2, 0.25) is 5.15 Å². The predicted molar refractivity (Wildman–Crippen MR) is 76.5 cm³/mol. The van der Waals surface area contributed by atoms with Gasteiger partial charge in [0.15, 0.2) is 0 Å². The van der Waals surface area contributed by atoms with E-state index in [1.54, 1.807) is 12.1 Å². The largest absolute Gasteiger partial charge is 0.352 e. The molecule has 1 aromatic heterocycles. The summed E-state index contributed by atoms with van der Waals surface area (Å²) in [4.78, 5) is 15.7. The average molecular weight is 275 g/mol. The van der Waals surface area contributed by atoms with Crippen molar-refractivity contribution >= 4 is 17.5 Å². The Bertz CT molecular complexity index is 567. The Morgan fingerprint density at radius 2 is 2.16 bits per heavy atom. The van der Waals surface area contributed by atoms with Crippen LogP contribution in [0.3, 0.4) is 0 Å². The van der Waals surface area contributed by atoms with Gasteiger partial charge in [0.25, 0.3) is 5.91 Å². The minimum atomic E-state index is -0.128. The van der Waals surface area contributed by atoms with E-state index in [1.165, 1.54) is 17.3 Å². The van der Waals surface area contributed by atoms with Gasteiger partial charge in [-0.05, 0) is 31.0 Å². The molecule has 0 atom stereocenters. The van der Waals surface area contributed by atoms with Crippen LogP contribution in [0.1, 0.15) is 21.5 Å². The van der Waals surface area contributed by atoms with Crippen molar-refractivity contribution in [2.45, 2.75) is 13.3 Å². The van der Waals surface area contributed by atoms with Gasteiger partial charge in [-0.25, -0.2) is 4.98 Å². The third-order valence-corrected chi connectivity index (χ3v) is 2.99. The molecule has 0 unspecified atom stereocenters.